The molecule has 140 valence electrons. The molecular weight excluding hydrogens is 358 g/mol. The van der Waals surface area contributed by atoms with Gasteiger partial charge in [0, 0.05) is 17.6 Å². The SMILES string of the molecule is CCc1ccc(Nc2nc(CC(=O)NCCc3ccc(O)cc3)cs2)cc1. The quantitative estimate of drug-likeness (QED) is 0.550. The Morgan fingerprint density at radius 3 is 2.48 bits per heavy atom. The van der Waals surface area contributed by atoms with Crippen molar-refractivity contribution in [3.05, 3.63) is 70.7 Å². The van der Waals surface area contributed by atoms with Crippen LogP contribution in [0.3, 0.4) is 0 Å². The number of benzene rings is 2. The van der Waals surface area contributed by atoms with E-state index in [1.54, 1.807) is 12.1 Å². The van der Waals surface area contributed by atoms with E-state index in [0.717, 1.165) is 34.9 Å². The molecule has 5 nitrogen and oxygen atoms in total. The summed E-state index contributed by atoms with van der Waals surface area (Å²) in [5, 5.41) is 18.1. The molecule has 0 aliphatic rings. The average molecular weight is 382 g/mol. The zero-order valence-electron chi connectivity index (χ0n) is 15.2. The minimum Gasteiger partial charge on any atom is -0.508 e. The van der Waals surface area contributed by atoms with Crippen molar-refractivity contribution in [2.24, 2.45) is 0 Å². The maximum Gasteiger partial charge on any atom is 0.226 e. The van der Waals surface area contributed by atoms with Crippen LogP contribution in [-0.4, -0.2) is 22.5 Å². The molecule has 3 rings (SSSR count). The summed E-state index contributed by atoms with van der Waals surface area (Å²) in [5.74, 6) is 0.204. The van der Waals surface area contributed by atoms with Crippen LogP contribution in [0.5, 0.6) is 5.75 Å². The Hall–Kier alpha value is -2.86. The molecule has 0 saturated carbocycles. The molecule has 0 atom stereocenters. The summed E-state index contributed by atoms with van der Waals surface area (Å²) in [6.07, 6.45) is 2.01. The van der Waals surface area contributed by atoms with Crippen LogP contribution < -0.4 is 10.6 Å². The van der Waals surface area contributed by atoms with Crippen molar-refractivity contribution < 1.29 is 9.90 Å². The molecule has 1 heterocycles. The molecule has 0 spiro atoms. The summed E-state index contributed by atoms with van der Waals surface area (Å²) in [7, 11) is 0. The highest BCUT2D eigenvalue weighted by Crippen LogP contribution is 2.21. The lowest BCUT2D eigenvalue weighted by Gasteiger charge is -2.05. The topological polar surface area (TPSA) is 74.2 Å². The Balaban J connectivity index is 1.45. The van der Waals surface area contributed by atoms with Gasteiger partial charge in [-0.3, -0.25) is 4.79 Å². The second kappa shape index (κ2) is 9.19. The van der Waals surface area contributed by atoms with Crippen molar-refractivity contribution in [3.63, 3.8) is 0 Å². The smallest absolute Gasteiger partial charge is 0.226 e. The molecule has 6 heteroatoms. The Bertz CT molecular complexity index is 873. The van der Waals surface area contributed by atoms with Gasteiger partial charge in [0.1, 0.15) is 5.75 Å². The van der Waals surface area contributed by atoms with Gasteiger partial charge in [-0.15, -0.1) is 11.3 Å². The van der Waals surface area contributed by atoms with E-state index in [0.29, 0.717) is 6.54 Å². The van der Waals surface area contributed by atoms with E-state index >= 15 is 0 Å². The minimum atomic E-state index is -0.0436. The van der Waals surface area contributed by atoms with Crippen LogP contribution >= 0.6 is 11.3 Å². The van der Waals surface area contributed by atoms with E-state index in [4.69, 9.17) is 0 Å². The molecule has 27 heavy (non-hydrogen) atoms. The van der Waals surface area contributed by atoms with Crippen LogP contribution in [0.1, 0.15) is 23.7 Å². The van der Waals surface area contributed by atoms with Crippen LogP contribution in [0.15, 0.2) is 53.9 Å². The number of hydrogen-bond acceptors (Lipinski definition) is 5. The fourth-order valence-electron chi connectivity index (χ4n) is 2.63. The summed E-state index contributed by atoms with van der Waals surface area (Å²) in [6, 6.07) is 15.3. The standard InChI is InChI=1S/C21H23N3O2S/c1-2-15-3-7-17(8-4-15)23-21-24-18(14-27-21)13-20(26)22-12-11-16-5-9-19(25)10-6-16/h3-10,14,25H,2,11-13H2,1H3,(H,22,26)(H,23,24). The molecule has 0 fully saturated rings. The second-order valence-corrected chi connectivity index (χ2v) is 7.12. The third kappa shape index (κ3) is 5.82. The monoisotopic (exact) mass is 381 g/mol. The third-order valence-electron chi connectivity index (χ3n) is 4.18. The predicted octanol–water partition coefficient (Wildman–Crippen LogP) is 4.06. The first kappa shape index (κ1) is 18.9. The largest absolute Gasteiger partial charge is 0.508 e. The molecule has 1 amide bonds. The fourth-order valence-corrected chi connectivity index (χ4v) is 3.36. The van der Waals surface area contributed by atoms with E-state index in [9.17, 15) is 9.90 Å². The van der Waals surface area contributed by atoms with Crippen LogP contribution in [0, 0.1) is 0 Å². The summed E-state index contributed by atoms with van der Waals surface area (Å²) in [4.78, 5) is 16.6. The molecule has 1 aromatic heterocycles. The summed E-state index contributed by atoms with van der Waals surface area (Å²) in [5.41, 5.74) is 4.12. The van der Waals surface area contributed by atoms with Crippen molar-refractivity contribution in [2.45, 2.75) is 26.2 Å². The molecule has 2 aromatic carbocycles. The number of aryl methyl sites for hydroxylation is 1. The number of aromatic nitrogens is 1. The molecule has 0 bridgehead atoms. The second-order valence-electron chi connectivity index (χ2n) is 6.26. The maximum atomic E-state index is 12.1. The number of rotatable bonds is 8. The number of amides is 1. The van der Waals surface area contributed by atoms with Crippen LogP contribution in [0.25, 0.3) is 0 Å². The first-order valence-electron chi connectivity index (χ1n) is 8.97. The highest BCUT2D eigenvalue weighted by atomic mass is 32.1. The van der Waals surface area contributed by atoms with E-state index < -0.39 is 0 Å². The van der Waals surface area contributed by atoms with Gasteiger partial charge in [0.05, 0.1) is 12.1 Å². The summed E-state index contributed by atoms with van der Waals surface area (Å²) >= 11 is 1.49. The molecule has 3 aromatic rings. The Kier molecular flexibility index (Phi) is 6.44. The number of aromatic hydroxyl groups is 1. The van der Waals surface area contributed by atoms with Gasteiger partial charge >= 0.3 is 0 Å². The van der Waals surface area contributed by atoms with Crippen molar-refractivity contribution >= 4 is 28.1 Å². The molecule has 0 aliphatic heterocycles. The number of nitrogens with zero attached hydrogens (tertiary/aromatic N) is 1. The Morgan fingerprint density at radius 2 is 1.78 bits per heavy atom. The van der Waals surface area contributed by atoms with E-state index in [1.165, 1.54) is 16.9 Å². The van der Waals surface area contributed by atoms with Crippen LogP contribution in [0.4, 0.5) is 10.8 Å². The molecule has 0 saturated heterocycles. The molecule has 0 radical (unpaired) electrons. The van der Waals surface area contributed by atoms with E-state index in [1.807, 2.05) is 29.6 Å². The van der Waals surface area contributed by atoms with Gasteiger partial charge < -0.3 is 15.7 Å². The highest BCUT2D eigenvalue weighted by Gasteiger charge is 2.08. The van der Waals surface area contributed by atoms with E-state index in [2.05, 4.69) is 34.7 Å². The molecule has 0 unspecified atom stereocenters. The number of thiazole rings is 1. The first-order chi connectivity index (χ1) is 13.1. The number of phenols is 1. The van der Waals surface area contributed by atoms with Gasteiger partial charge in [0.15, 0.2) is 5.13 Å². The number of nitrogens with one attached hydrogen (secondary N) is 2. The van der Waals surface area contributed by atoms with Crippen molar-refractivity contribution in [1.82, 2.24) is 10.3 Å². The zero-order chi connectivity index (χ0) is 19.1. The van der Waals surface area contributed by atoms with Gasteiger partial charge in [-0.2, -0.15) is 0 Å². The number of carbonyl (C=O) groups is 1. The number of phenolic OH excluding ortho intramolecular Hbond substituents is 1. The van der Waals surface area contributed by atoms with Crippen LogP contribution in [0.2, 0.25) is 0 Å². The van der Waals surface area contributed by atoms with Crippen molar-refractivity contribution in [1.29, 1.82) is 0 Å². The van der Waals surface area contributed by atoms with Gasteiger partial charge in [-0.05, 0) is 48.2 Å². The zero-order valence-corrected chi connectivity index (χ0v) is 16.1. The Morgan fingerprint density at radius 1 is 1.07 bits per heavy atom. The lowest BCUT2D eigenvalue weighted by atomic mass is 10.1. The molecule has 0 aliphatic carbocycles. The van der Waals surface area contributed by atoms with Crippen molar-refractivity contribution in [2.75, 3.05) is 11.9 Å². The lowest BCUT2D eigenvalue weighted by Crippen LogP contribution is -2.27. The average Bonchev–Trinajstić information content (AvgIpc) is 3.10. The first-order valence-corrected chi connectivity index (χ1v) is 9.85. The normalized spacial score (nSPS) is 10.6. The summed E-state index contributed by atoms with van der Waals surface area (Å²) in [6.45, 7) is 2.69. The number of carbonyl (C=O) groups excluding carboxylic acids is 1. The van der Waals surface area contributed by atoms with Crippen molar-refractivity contribution in [3.8, 4) is 5.75 Å². The maximum absolute atomic E-state index is 12.1. The fraction of sp³-hybridized carbons (Fsp3) is 0.238. The number of anilines is 2. The van der Waals surface area contributed by atoms with Gasteiger partial charge in [-0.25, -0.2) is 4.98 Å². The Labute approximate surface area is 163 Å². The van der Waals surface area contributed by atoms with Gasteiger partial charge in [-0.1, -0.05) is 31.2 Å². The van der Waals surface area contributed by atoms with Gasteiger partial charge in [0.25, 0.3) is 0 Å². The van der Waals surface area contributed by atoms with E-state index in [-0.39, 0.29) is 18.1 Å². The predicted molar refractivity (Wildman–Crippen MR) is 110 cm³/mol. The minimum absolute atomic E-state index is 0.0436. The highest BCUT2D eigenvalue weighted by molar-refractivity contribution is 7.13. The third-order valence-corrected chi connectivity index (χ3v) is 4.99. The number of hydrogen-bond donors (Lipinski definition) is 3. The summed E-state index contributed by atoms with van der Waals surface area (Å²) < 4.78 is 0. The molecular formula is C21H23N3O2S. The lowest BCUT2D eigenvalue weighted by molar-refractivity contribution is -0.120. The van der Waals surface area contributed by atoms with Gasteiger partial charge in [0.2, 0.25) is 5.91 Å². The molecule has 3 N–H and O–H groups in total. The van der Waals surface area contributed by atoms with Crippen LogP contribution in [-0.2, 0) is 24.1 Å².